The minimum absolute atomic E-state index is 0.0987. The molecule has 3 fully saturated rings. The first kappa shape index (κ1) is 15.1. The summed E-state index contributed by atoms with van der Waals surface area (Å²) in [6.45, 7) is 5.30. The van der Waals surface area contributed by atoms with Gasteiger partial charge in [0.2, 0.25) is 10.0 Å². The molecule has 2 heterocycles. The van der Waals surface area contributed by atoms with E-state index < -0.39 is 10.0 Å². The second-order valence-corrected chi connectivity index (χ2v) is 10.2. The molecule has 1 N–H and O–H groups in total. The Morgan fingerprint density at radius 1 is 1.45 bits per heavy atom. The number of rotatable bonds is 5. The van der Waals surface area contributed by atoms with Crippen LogP contribution < -0.4 is 4.72 Å². The van der Waals surface area contributed by atoms with Crippen molar-refractivity contribution in [2.75, 3.05) is 13.1 Å². The lowest BCUT2D eigenvalue weighted by Crippen LogP contribution is -2.52. The van der Waals surface area contributed by atoms with Gasteiger partial charge in [-0.25, -0.2) is 18.1 Å². The Morgan fingerprint density at radius 2 is 2.23 bits per heavy atom. The van der Waals surface area contributed by atoms with E-state index in [-0.39, 0.29) is 11.3 Å². The smallest absolute Gasteiger partial charge is 0.214 e. The Kier molecular flexibility index (Phi) is 3.60. The average Bonchev–Trinajstić information content (AvgIpc) is 3.11. The van der Waals surface area contributed by atoms with Crippen molar-refractivity contribution in [1.29, 1.82) is 0 Å². The van der Waals surface area contributed by atoms with Gasteiger partial charge in [0.25, 0.3) is 0 Å². The van der Waals surface area contributed by atoms with Gasteiger partial charge in [-0.15, -0.1) is 11.3 Å². The zero-order chi connectivity index (χ0) is 15.4. The number of aryl methyl sites for hydroxylation is 1. The number of hydrogen-bond acceptors (Lipinski definition) is 5. The quantitative estimate of drug-likeness (QED) is 0.888. The Hall–Kier alpha value is -0.500. The zero-order valence-corrected chi connectivity index (χ0v) is 14.5. The number of thiazole rings is 1. The Labute approximate surface area is 136 Å². The van der Waals surface area contributed by atoms with Gasteiger partial charge in [0, 0.05) is 24.0 Å². The van der Waals surface area contributed by atoms with E-state index in [1.54, 1.807) is 11.3 Å². The topological polar surface area (TPSA) is 62.3 Å². The number of nitrogens with zero attached hydrogens (tertiary/aromatic N) is 2. The van der Waals surface area contributed by atoms with Crippen LogP contribution in [0.1, 0.15) is 42.7 Å². The van der Waals surface area contributed by atoms with Gasteiger partial charge in [0.1, 0.15) is 0 Å². The summed E-state index contributed by atoms with van der Waals surface area (Å²) < 4.78 is 26.9. The van der Waals surface area contributed by atoms with Crippen LogP contribution in [0.5, 0.6) is 0 Å². The van der Waals surface area contributed by atoms with E-state index in [1.807, 2.05) is 5.51 Å². The van der Waals surface area contributed by atoms with E-state index in [0.29, 0.717) is 5.41 Å². The first-order valence-electron chi connectivity index (χ1n) is 8.08. The van der Waals surface area contributed by atoms with Crippen LogP contribution in [-0.2, 0) is 16.6 Å². The van der Waals surface area contributed by atoms with Crippen molar-refractivity contribution in [3.8, 4) is 0 Å². The van der Waals surface area contributed by atoms with Crippen LogP contribution >= 0.6 is 11.3 Å². The highest BCUT2D eigenvalue weighted by Crippen LogP contribution is 2.49. The Balaban J connectivity index is 1.30. The van der Waals surface area contributed by atoms with E-state index >= 15 is 0 Å². The Morgan fingerprint density at radius 3 is 2.86 bits per heavy atom. The van der Waals surface area contributed by atoms with Gasteiger partial charge in [-0.05, 0) is 51.0 Å². The van der Waals surface area contributed by atoms with Crippen molar-refractivity contribution < 1.29 is 8.42 Å². The lowest BCUT2D eigenvalue weighted by Gasteiger charge is -2.45. The molecule has 0 amide bonds. The summed E-state index contributed by atoms with van der Waals surface area (Å²) in [7, 11) is -3.02. The van der Waals surface area contributed by atoms with Crippen molar-refractivity contribution >= 4 is 21.4 Å². The van der Waals surface area contributed by atoms with Crippen LogP contribution in [0, 0.1) is 12.3 Å². The molecular weight excluding hydrogens is 318 g/mol. The molecule has 0 aromatic carbocycles. The summed E-state index contributed by atoms with van der Waals surface area (Å²) in [6, 6.07) is 0.177. The Bertz CT molecular complexity index is 660. The summed E-state index contributed by atoms with van der Waals surface area (Å²) >= 11 is 1.74. The van der Waals surface area contributed by atoms with Crippen LogP contribution in [0.2, 0.25) is 0 Å². The molecule has 3 aliphatic rings. The fourth-order valence-electron chi connectivity index (χ4n) is 3.95. The van der Waals surface area contributed by atoms with Gasteiger partial charge >= 0.3 is 0 Å². The average molecular weight is 342 g/mol. The lowest BCUT2D eigenvalue weighted by atomic mass is 9.65. The first-order chi connectivity index (χ1) is 10.5. The molecule has 0 unspecified atom stereocenters. The van der Waals surface area contributed by atoms with Crippen LogP contribution in [0.25, 0.3) is 0 Å². The predicted molar refractivity (Wildman–Crippen MR) is 87.3 cm³/mol. The molecule has 7 heteroatoms. The molecule has 2 aliphatic carbocycles. The highest BCUT2D eigenvalue weighted by atomic mass is 32.2. The molecule has 0 radical (unpaired) electrons. The molecule has 0 bridgehead atoms. The number of nitrogens with one attached hydrogen (secondary N) is 1. The summed E-state index contributed by atoms with van der Waals surface area (Å²) in [4.78, 5) is 8.19. The normalized spacial score (nSPS) is 32.5. The van der Waals surface area contributed by atoms with E-state index in [0.717, 1.165) is 51.0 Å². The third-order valence-electron chi connectivity index (χ3n) is 5.38. The van der Waals surface area contributed by atoms with Gasteiger partial charge in [-0.3, -0.25) is 4.90 Å². The van der Waals surface area contributed by atoms with Gasteiger partial charge in [0.15, 0.2) is 0 Å². The van der Waals surface area contributed by atoms with E-state index in [4.69, 9.17) is 0 Å². The SMILES string of the molecule is Cc1ncsc1CN1CCC2(CC(NS(=O)(=O)C3CC3)C2)C1. The second kappa shape index (κ2) is 5.26. The molecule has 1 aromatic rings. The van der Waals surface area contributed by atoms with Crippen molar-refractivity contribution in [3.05, 3.63) is 16.1 Å². The fraction of sp³-hybridized carbons (Fsp3) is 0.800. The highest BCUT2D eigenvalue weighted by Gasteiger charge is 2.50. The summed E-state index contributed by atoms with van der Waals surface area (Å²) in [5.74, 6) is 0. The van der Waals surface area contributed by atoms with E-state index in [2.05, 4.69) is 21.5 Å². The minimum Gasteiger partial charge on any atom is -0.298 e. The molecule has 1 saturated heterocycles. The van der Waals surface area contributed by atoms with Crippen LogP contribution in [0.4, 0.5) is 0 Å². The molecular formula is C15H23N3O2S2. The summed E-state index contributed by atoms with van der Waals surface area (Å²) in [6.07, 6.45) is 4.91. The molecule has 22 heavy (non-hydrogen) atoms. The molecule has 1 spiro atoms. The second-order valence-electron chi connectivity index (χ2n) is 7.29. The third kappa shape index (κ3) is 2.84. The highest BCUT2D eigenvalue weighted by molar-refractivity contribution is 7.90. The number of likely N-dealkylation sites (tertiary alicyclic amines) is 1. The first-order valence-corrected chi connectivity index (χ1v) is 10.5. The van der Waals surface area contributed by atoms with Crippen LogP contribution in [0.3, 0.4) is 0 Å². The van der Waals surface area contributed by atoms with Crippen molar-refractivity contribution in [2.45, 2.75) is 56.9 Å². The van der Waals surface area contributed by atoms with Crippen molar-refractivity contribution in [2.24, 2.45) is 5.41 Å². The maximum Gasteiger partial charge on any atom is 0.214 e. The lowest BCUT2D eigenvalue weighted by molar-refractivity contribution is 0.101. The zero-order valence-electron chi connectivity index (χ0n) is 12.9. The van der Waals surface area contributed by atoms with Crippen molar-refractivity contribution in [1.82, 2.24) is 14.6 Å². The monoisotopic (exact) mass is 341 g/mol. The maximum absolute atomic E-state index is 12.0. The van der Waals surface area contributed by atoms with Gasteiger partial charge in [-0.2, -0.15) is 0 Å². The van der Waals surface area contributed by atoms with Gasteiger partial charge in [0.05, 0.1) is 16.5 Å². The predicted octanol–water partition coefficient (Wildman–Crippen LogP) is 1.89. The maximum atomic E-state index is 12.0. The third-order valence-corrected chi connectivity index (χ3v) is 8.31. The summed E-state index contributed by atoms with van der Waals surface area (Å²) in [5, 5.41) is -0.0987. The number of sulfonamides is 1. The fourth-order valence-corrected chi connectivity index (χ4v) is 6.35. The van der Waals surface area contributed by atoms with Crippen molar-refractivity contribution in [3.63, 3.8) is 0 Å². The minimum atomic E-state index is -3.02. The molecule has 4 rings (SSSR count). The molecule has 122 valence electrons. The van der Waals surface area contributed by atoms with Gasteiger partial charge < -0.3 is 0 Å². The number of hydrogen-bond donors (Lipinski definition) is 1. The summed E-state index contributed by atoms with van der Waals surface area (Å²) in [5.41, 5.74) is 3.42. The van der Waals surface area contributed by atoms with Crippen LogP contribution in [-0.4, -0.2) is 42.7 Å². The molecule has 0 atom stereocenters. The van der Waals surface area contributed by atoms with Crippen LogP contribution in [0.15, 0.2) is 5.51 Å². The van der Waals surface area contributed by atoms with E-state index in [1.165, 1.54) is 11.3 Å². The molecule has 1 aromatic heterocycles. The molecule has 1 aliphatic heterocycles. The molecule has 2 saturated carbocycles. The van der Waals surface area contributed by atoms with Gasteiger partial charge in [-0.1, -0.05) is 0 Å². The van der Waals surface area contributed by atoms with E-state index in [9.17, 15) is 8.42 Å². The standard InChI is InChI=1S/C15H23N3O2S2/c1-11-14(21-10-16-11)8-18-5-4-15(9-18)6-12(7-15)17-22(19,20)13-2-3-13/h10,12-13,17H,2-9H2,1H3. The number of aromatic nitrogens is 1. The molecule has 5 nitrogen and oxygen atoms in total. The largest absolute Gasteiger partial charge is 0.298 e.